The van der Waals surface area contributed by atoms with Gasteiger partial charge in [0.15, 0.2) is 0 Å². The Balaban J connectivity index is 1.78. The zero-order chi connectivity index (χ0) is 16.1. The van der Waals surface area contributed by atoms with Crippen LogP contribution < -0.4 is 5.73 Å². The van der Waals surface area contributed by atoms with E-state index < -0.39 is 5.91 Å². The van der Waals surface area contributed by atoms with Crippen LogP contribution in [0.4, 0.5) is 0 Å². The van der Waals surface area contributed by atoms with Gasteiger partial charge in [0.05, 0.1) is 5.69 Å². The van der Waals surface area contributed by atoms with E-state index in [2.05, 4.69) is 9.97 Å². The number of carbonyl (C=O) groups excluding carboxylic acids is 1. The average Bonchev–Trinajstić information content (AvgIpc) is 2.61. The molecule has 0 unspecified atom stereocenters. The van der Waals surface area contributed by atoms with Crippen LogP contribution in [0.2, 0.25) is 0 Å². The molecule has 113 valence electrons. The molecule has 4 nitrogen and oxygen atoms in total. The van der Waals surface area contributed by atoms with Crippen LogP contribution in [-0.4, -0.2) is 15.9 Å². The molecule has 1 heterocycles. The third kappa shape index (κ3) is 3.61. The van der Waals surface area contributed by atoms with Crippen molar-refractivity contribution in [1.82, 2.24) is 9.97 Å². The molecule has 0 saturated carbocycles. The first-order valence-electron chi connectivity index (χ1n) is 7.33. The first kappa shape index (κ1) is 14.9. The normalized spacial score (nSPS) is 10.4. The van der Waals surface area contributed by atoms with Crippen molar-refractivity contribution in [1.29, 1.82) is 0 Å². The van der Waals surface area contributed by atoms with Crippen LogP contribution in [0.5, 0.6) is 0 Å². The standard InChI is InChI=1S/C19H16N3O/c20-19(23)16-9-5-4-6-14(16)10-11-18-21-13-12-17(22-18)15-7-2-1-3-8-15/h1-9,11-13H,10H2,(H2,20,23). The second-order valence-corrected chi connectivity index (χ2v) is 5.10. The van der Waals surface area contributed by atoms with Crippen LogP contribution in [-0.2, 0) is 6.42 Å². The van der Waals surface area contributed by atoms with Crippen LogP contribution in [0.25, 0.3) is 11.3 Å². The number of carbonyl (C=O) groups is 1. The SMILES string of the molecule is NC(=O)c1ccccc1C[CH]c1nccc(-c2ccccc2)n1. The fourth-order valence-electron chi connectivity index (χ4n) is 2.38. The molecule has 3 rings (SSSR count). The molecule has 1 amide bonds. The summed E-state index contributed by atoms with van der Waals surface area (Å²) in [5.41, 5.74) is 8.71. The van der Waals surface area contributed by atoms with Gasteiger partial charge in [0, 0.05) is 23.7 Å². The molecule has 0 bridgehead atoms. The van der Waals surface area contributed by atoms with Gasteiger partial charge >= 0.3 is 0 Å². The number of benzene rings is 2. The quantitative estimate of drug-likeness (QED) is 0.787. The molecule has 0 aliphatic carbocycles. The lowest BCUT2D eigenvalue weighted by atomic mass is 10.0. The van der Waals surface area contributed by atoms with Crippen LogP contribution >= 0.6 is 0 Å². The summed E-state index contributed by atoms with van der Waals surface area (Å²) in [7, 11) is 0. The summed E-state index contributed by atoms with van der Waals surface area (Å²) in [5, 5.41) is 0. The van der Waals surface area contributed by atoms with Gasteiger partial charge in [-0.1, -0.05) is 48.5 Å². The number of nitrogens with two attached hydrogens (primary N) is 1. The molecule has 23 heavy (non-hydrogen) atoms. The highest BCUT2D eigenvalue weighted by Crippen LogP contribution is 2.17. The molecule has 1 radical (unpaired) electrons. The molecule has 4 heteroatoms. The van der Waals surface area contributed by atoms with Crippen molar-refractivity contribution in [2.24, 2.45) is 5.73 Å². The maximum Gasteiger partial charge on any atom is 0.248 e. The second kappa shape index (κ2) is 6.83. The highest BCUT2D eigenvalue weighted by molar-refractivity contribution is 5.94. The van der Waals surface area contributed by atoms with Crippen molar-refractivity contribution >= 4 is 5.91 Å². The van der Waals surface area contributed by atoms with E-state index in [-0.39, 0.29) is 0 Å². The molecule has 3 aromatic rings. The van der Waals surface area contributed by atoms with E-state index in [1.54, 1.807) is 18.3 Å². The summed E-state index contributed by atoms with van der Waals surface area (Å²) < 4.78 is 0. The van der Waals surface area contributed by atoms with Crippen LogP contribution in [0.3, 0.4) is 0 Å². The van der Waals surface area contributed by atoms with Crippen LogP contribution in [0, 0.1) is 6.42 Å². The summed E-state index contributed by atoms with van der Waals surface area (Å²) in [6.45, 7) is 0. The van der Waals surface area contributed by atoms with Gasteiger partial charge in [0.25, 0.3) is 0 Å². The number of amides is 1. The highest BCUT2D eigenvalue weighted by atomic mass is 16.1. The van der Waals surface area contributed by atoms with Crippen molar-refractivity contribution in [2.75, 3.05) is 0 Å². The Bertz CT molecular complexity index is 816. The highest BCUT2D eigenvalue weighted by Gasteiger charge is 2.09. The predicted molar refractivity (Wildman–Crippen MR) is 89.5 cm³/mol. The zero-order valence-corrected chi connectivity index (χ0v) is 12.5. The summed E-state index contributed by atoms with van der Waals surface area (Å²) >= 11 is 0. The van der Waals surface area contributed by atoms with Gasteiger partial charge in [-0.05, 0) is 24.1 Å². The van der Waals surface area contributed by atoms with Gasteiger partial charge < -0.3 is 5.73 Å². The fourth-order valence-corrected chi connectivity index (χ4v) is 2.38. The van der Waals surface area contributed by atoms with E-state index in [0.717, 1.165) is 16.8 Å². The smallest absolute Gasteiger partial charge is 0.248 e. The van der Waals surface area contributed by atoms with Crippen molar-refractivity contribution in [3.05, 3.63) is 90.2 Å². The second-order valence-electron chi connectivity index (χ2n) is 5.10. The first-order chi connectivity index (χ1) is 11.2. The van der Waals surface area contributed by atoms with Crippen LogP contribution in [0.15, 0.2) is 66.9 Å². The molecule has 1 aromatic heterocycles. The molecular formula is C19H16N3O. The molecule has 0 fully saturated rings. The zero-order valence-electron chi connectivity index (χ0n) is 12.5. The number of rotatable bonds is 5. The Labute approximate surface area is 135 Å². The van der Waals surface area contributed by atoms with Gasteiger partial charge in [0.2, 0.25) is 5.91 Å². The van der Waals surface area contributed by atoms with Crippen molar-refractivity contribution in [3.8, 4) is 11.3 Å². The van der Waals surface area contributed by atoms with Gasteiger partial charge in [-0.15, -0.1) is 0 Å². The number of primary amides is 1. The number of aromatic nitrogens is 2. The number of hydrogen-bond acceptors (Lipinski definition) is 3. The average molecular weight is 302 g/mol. The monoisotopic (exact) mass is 302 g/mol. The Hall–Kier alpha value is -3.01. The van der Waals surface area contributed by atoms with E-state index in [1.165, 1.54) is 0 Å². The Morgan fingerprint density at radius 3 is 2.52 bits per heavy atom. The molecule has 2 N–H and O–H groups in total. The van der Waals surface area contributed by atoms with Gasteiger partial charge in [-0.3, -0.25) is 4.79 Å². The van der Waals surface area contributed by atoms with Crippen LogP contribution in [0.1, 0.15) is 21.7 Å². The Morgan fingerprint density at radius 2 is 1.74 bits per heavy atom. The summed E-state index contributed by atoms with van der Waals surface area (Å²) in [6, 6.07) is 19.1. The Morgan fingerprint density at radius 1 is 1.00 bits per heavy atom. The molecule has 2 aromatic carbocycles. The van der Waals surface area contributed by atoms with E-state index in [0.29, 0.717) is 17.8 Å². The lowest BCUT2D eigenvalue weighted by molar-refractivity contribution is 0.0999. The molecule has 0 atom stereocenters. The molecule has 0 aliphatic heterocycles. The summed E-state index contributed by atoms with van der Waals surface area (Å²) in [5.74, 6) is 0.207. The molecule has 0 aliphatic rings. The van der Waals surface area contributed by atoms with E-state index in [9.17, 15) is 4.79 Å². The van der Waals surface area contributed by atoms with Gasteiger partial charge in [0.1, 0.15) is 5.82 Å². The van der Waals surface area contributed by atoms with Crippen molar-refractivity contribution < 1.29 is 4.79 Å². The predicted octanol–water partition coefficient (Wildman–Crippen LogP) is 3.04. The summed E-state index contributed by atoms with van der Waals surface area (Å²) in [6.07, 6.45) is 4.19. The summed E-state index contributed by atoms with van der Waals surface area (Å²) in [4.78, 5) is 20.3. The minimum absolute atomic E-state index is 0.423. The minimum atomic E-state index is -0.423. The molecule has 0 saturated heterocycles. The third-order valence-corrected chi connectivity index (χ3v) is 3.53. The topological polar surface area (TPSA) is 68.9 Å². The lowest BCUT2D eigenvalue weighted by Crippen LogP contribution is -2.13. The van der Waals surface area contributed by atoms with Crippen molar-refractivity contribution in [2.45, 2.75) is 6.42 Å². The van der Waals surface area contributed by atoms with E-state index in [4.69, 9.17) is 5.73 Å². The largest absolute Gasteiger partial charge is 0.366 e. The molecule has 0 spiro atoms. The van der Waals surface area contributed by atoms with E-state index in [1.807, 2.05) is 55.0 Å². The number of nitrogens with zero attached hydrogens (tertiary/aromatic N) is 2. The van der Waals surface area contributed by atoms with E-state index >= 15 is 0 Å². The number of hydrogen-bond donors (Lipinski definition) is 1. The lowest BCUT2D eigenvalue weighted by Gasteiger charge is -2.06. The first-order valence-corrected chi connectivity index (χ1v) is 7.33. The Kier molecular flexibility index (Phi) is 4.43. The molecular weight excluding hydrogens is 286 g/mol. The van der Waals surface area contributed by atoms with Crippen molar-refractivity contribution in [3.63, 3.8) is 0 Å². The maximum absolute atomic E-state index is 11.4. The third-order valence-electron chi connectivity index (χ3n) is 3.53. The van der Waals surface area contributed by atoms with Gasteiger partial charge in [-0.2, -0.15) is 0 Å². The maximum atomic E-state index is 11.4. The van der Waals surface area contributed by atoms with Gasteiger partial charge in [-0.25, -0.2) is 9.97 Å². The minimum Gasteiger partial charge on any atom is -0.366 e. The fraction of sp³-hybridized carbons (Fsp3) is 0.0526.